The largest absolute Gasteiger partial charge is 0.396 e. The minimum absolute atomic E-state index is 0.0371. The summed E-state index contributed by atoms with van der Waals surface area (Å²) in [5, 5.41) is 21.5. The van der Waals surface area contributed by atoms with E-state index < -0.39 is 38.8 Å². The summed E-state index contributed by atoms with van der Waals surface area (Å²) in [7, 11) is -3.25. The van der Waals surface area contributed by atoms with Crippen molar-refractivity contribution in [1.82, 2.24) is 5.32 Å². The van der Waals surface area contributed by atoms with Crippen LogP contribution in [0.4, 0.5) is 0 Å². The van der Waals surface area contributed by atoms with Crippen LogP contribution in [0.3, 0.4) is 0 Å². The van der Waals surface area contributed by atoms with Crippen molar-refractivity contribution in [2.45, 2.75) is 44.1 Å². The van der Waals surface area contributed by atoms with E-state index in [2.05, 4.69) is 5.32 Å². The second kappa shape index (κ2) is 11.5. The van der Waals surface area contributed by atoms with Crippen LogP contribution in [-0.2, 0) is 30.6 Å². The Labute approximate surface area is 199 Å². The van der Waals surface area contributed by atoms with Gasteiger partial charge in [0.15, 0.2) is 21.4 Å². The average molecular weight is 490 g/mol. The Morgan fingerprint density at radius 1 is 0.912 bits per heavy atom. The number of Topliss-reactive ketones (excluding diaryl/α,β-unsaturated/α-hetero) is 2. The molecule has 184 valence electrons. The Balaban J connectivity index is 1.82. The van der Waals surface area contributed by atoms with Gasteiger partial charge in [-0.3, -0.25) is 14.4 Å². The topological polar surface area (TPSA) is 138 Å². The molecule has 0 radical (unpaired) electrons. The molecule has 0 saturated heterocycles. The van der Waals surface area contributed by atoms with E-state index >= 15 is 0 Å². The van der Waals surface area contributed by atoms with E-state index in [-0.39, 0.29) is 30.9 Å². The van der Waals surface area contributed by atoms with Crippen LogP contribution in [-0.4, -0.2) is 61.6 Å². The van der Waals surface area contributed by atoms with Gasteiger partial charge in [0.05, 0.1) is 11.5 Å². The standard InChI is InChI=1S/C25H31NO7S/c1-25(2,16-27)23(30)24(31)26-15-14-22(29)21(28)13-6-17-4-7-18(8-5-17)19-9-11-20(12-10-19)34(3,32)33/h4-5,7-12,23,27,30H,6,13-16H2,1-3H3,(H,26,31)/t23-/m0/s1. The van der Waals surface area contributed by atoms with Crippen molar-refractivity contribution in [1.29, 1.82) is 0 Å². The van der Waals surface area contributed by atoms with E-state index in [4.69, 9.17) is 0 Å². The van der Waals surface area contributed by atoms with Gasteiger partial charge in [-0.05, 0) is 35.2 Å². The number of rotatable bonds is 12. The second-order valence-electron chi connectivity index (χ2n) is 8.93. The van der Waals surface area contributed by atoms with Crippen molar-refractivity contribution in [2.75, 3.05) is 19.4 Å². The van der Waals surface area contributed by atoms with Crippen LogP contribution in [0, 0.1) is 5.41 Å². The van der Waals surface area contributed by atoms with E-state index in [0.29, 0.717) is 6.42 Å². The molecule has 0 aliphatic carbocycles. The van der Waals surface area contributed by atoms with Crippen LogP contribution in [0.15, 0.2) is 53.4 Å². The van der Waals surface area contributed by atoms with Gasteiger partial charge in [0.25, 0.3) is 0 Å². The summed E-state index contributed by atoms with van der Waals surface area (Å²) in [5.74, 6) is -1.84. The summed E-state index contributed by atoms with van der Waals surface area (Å²) in [4.78, 5) is 36.4. The zero-order valence-corrected chi connectivity index (χ0v) is 20.4. The Hall–Kier alpha value is -2.88. The minimum atomic E-state index is -3.25. The number of benzene rings is 2. The minimum Gasteiger partial charge on any atom is -0.396 e. The quantitative estimate of drug-likeness (QED) is 0.386. The van der Waals surface area contributed by atoms with Gasteiger partial charge in [-0.15, -0.1) is 0 Å². The Bertz CT molecular complexity index is 1120. The first kappa shape index (κ1) is 27.4. The third-order valence-electron chi connectivity index (χ3n) is 5.57. The third kappa shape index (κ3) is 7.58. The molecule has 0 fully saturated rings. The van der Waals surface area contributed by atoms with E-state index in [0.717, 1.165) is 22.9 Å². The summed E-state index contributed by atoms with van der Waals surface area (Å²) in [5.41, 5.74) is 1.62. The molecule has 1 atom stereocenters. The maximum absolute atomic E-state index is 12.1. The summed E-state index contributed by atoms with van der Waals surface area (Å²) in [6.45, 7) is 2.62. The second-order valence-corrected chi connectivity index (χ2v) is 10.9. The smallest absolute Gasteiger partial charge is 0.249 e. The lowest BCUT2D eigenvalue weighted by molar-refractivity contribution is -0.138. The Morgan fingerprint density at radius 2 is 1.41 bits per heavy atom. The summed E-state index contributed by atoms with van der Waals surface area (Å²) in [6, 6.07) is 14.0. The highest BCUT2D eigenvalue weighted by Crippen LogP contribution is 2.22. The number of hydrogen-bond donors (Lipinski definition) is 3. The van der Waals surface area contributed by atoms with Gasteiger partial charge in [0.1, 0.15) is 6.10 Å². The van der Waals surface area contributed by atoms with E-state index in [1.807, 2.05) is 24.3 Å². The zero-order chi connectivity index (χ0) is 25.5. The first-order chi connectivity index (χ1) is 15.8. The molecule has 0 aromatic heterocycles. The fourth-order valence-electron chi connectivity index (χ4n) is 3.13. The molecule has 0 aliphatic heterocycles. The fourth-order valence-corrected chi connectivity index (χ4v) is 3.76. The number of aryl methyl sites for hydroxylation is 1. The highest BCUT2D eigenvalue weighted by atomic mass is 32.2. The van der Waals surface area contributed by atoms with Crippen LogP contribution < -0.4 is 5.32 Å². The predicted octanol–water partition coefficient (Wildman–Crippen LogP) is 1.71. The van der Waals surface area contributed by atoms with Gasteiger partial charge in [-0.2, -0.15) is 0 Å². The molecule has 2 aromatic carbocycles. The van der Waals surface area contributed by atoms with Crippen molar-refractivity contribution < 1.29 is 33.0 Å². The molecule has 0 spiro atoms. The van der Waals surface area contributed by atoms with Crippen LogP contribution in [0.1, 0.15) is 32.3 Å². The third-order valence-corrected chi connectivity index (χ3v) is 6.70. The van der Waals surface area contributed by atoms with Gasteiger partial charge < -0.3 is 15.5 Å². The number of sulfone groups is 1. The van der Waals surface area contributed by atoms with Gasteiger partial charge >= 0.3 is 0 Å². The van der Waals surface area contributed by atoms with Crippen LogP contribution >= 0.6 is 0 Å². The summed E-state index contributed by atoms with van der Waals surface area (Å²) >= 11 is 0. The normalized spacial score (nSPS) is 12.7. The number of aliphatic hydroxyl groups excluding tert-OH is 2. The predicted molar refractivity (Wildman–Crippen MR) is 128 cm³/mol. The molecule has 2 aromatic rings. The molecule has 3 N–H and O–H groups in total. The summed E-state index contributed by atoms with van der Waals surface area (Å²) < 4.78 is 23.1. The molecule has 1 amide bonds. The number of ketones is 2. The van der Waals surface area contributed by atoms with E-state index in [1.54, 1.807) is 24.3 Å². The molecule has 0 saturated carbocycles. The molecule has 8 nitrogen and oxygen atoms in total. The number of aliphatic hydroxyl groups is 2. The molecule has 0 bridgehead atoms. The monoisotopic (exact) mass is 489 g/mol. The van der Waals surface area contributed by atoms with Crippen LogP contribution in [0.25, 0.3) is 11.1 Å². The Morgan fingerprint density at radius 3 is 1.91 bits per heavy atom. The lowest BCUT2D eigenvalue weighted by Gasteiger charge is -2.27. The molecule has 9 heteroatoms. The lowest BCUT2D eigenvalue weighted by atomic mass is 9.87. The lowest BCUT2D eigenvalue weighted by Crippen LogP contribution is -2.46. The highest BCUT2D eigenvalue weighted by Gasteiger charge is 2.32. The van der Waals surface area contributed by atoms with Crippen molar-refractivity contribution in [3.63, 3.8) is 0 Å². The number of amides is 1. The first-order valence-electron chi connectivity index (χ1n) is 10.9. The number of carbonyl (C=O) groups excluding carboxylic acids is 3. The fraction of sp³-hybridized carbons (Fsp3) is 0.400. The SMILES string of the molecule is CC(C)(CO)[C@@H](O)C(=O)NCCC(=O)C(=O)CCc1ccc(-c2ccc(S(C)(=O)=O)cc2)cc1. The average Bonchev–Trinajstić information content (AvgIpc) is 2.81. The molecule has 0 unspecified atom stereocenters. The van der Waals surface area contributed by atoms with E-state index in [1.165, 1.54) is 13.8 Å². The molecule has 2 rings (SSSR count). The van der Waals surface area contributed by atoms with Gasteiger partial charge in [-0.25, -0.2) is 8.42 Å². The van der Waals surface area contributed by atoms with E-state index in [9.17, 15) is 33.0 Å². The molecule has 34 heavy (non-hydrogen) atoms. The maximum atomic E-state index is 12.1. The summed E-state index contributed by atoms with van der Waals surface area (Å²) in [6.07, 6.45) is -0.0188. The first-order valence-corrected chi connectivity index (χ1v) is 12.8. The zero-order valence-electron chi connectivity index (χ0n) is 19.6. The van der Waals surface area contributed by atoms with Crippen molar-refractivity contribution in [3.8, 4) is 11.1 Å². The molecule has 0 aliphatic rings. The van der Waals surface area contributed by atoms with Gasteiger partial charge in [0, 0.05) is 31.1 Å². The Kier molecular flexibility index (Phi) is 9.26. The number of carbonyl (C=O) groups is 3. The number of hydrogen-bond acceptors (Lipinski definition) is 7. The van der Waals surface area contributed by atoms with Crippen molar-refractivity contribution >= 4 is 27.3 Å². The molecular formula is C25H31NO7S. The van der Waals surface area contributed by atoms with Gasteiger partial charge in [-0.1, -0.05) is 50.2 Å². The van der Waals surface area contributed by atoms with Gasteiger partial charge in [0.2, 0.25) is 5.91 Å². The maximum Gasteiger partial charge on any atom is 0.249 e. The highest BCUT2D eigenvalue weighted by molar-refractivity contribution is 7.90. The molecule has 0 heterocycles. The van der Waals surface area contributed by atoms with Crippen LogP contribution in [0.5, 0.6) is 0 Å². The molecular weight excluding hydrogens is 458 g/mol. The van der Waals surface area contributed by atoms with Crippen LogP contribution in [0.2, 0.25) is 0 Å². The van der Waals surface area contributed by atoms with Crippen molar-refractivity contribution in [2.24, 2.45) is 5.41 Å². The van der Waals surface area contributed by atoms with Crippen molar-refractivity contribution in [3.05, 3.63) is 54.1 Å². The number of nitrogens with one attached hydrogen (secondary N) is 1.